The lowest BCUT2D eigenvalue weighted by molar-refractivity contribution is -0.136. The van der Waals surface area contributed by atoms with Crippen molar-refractivity contribution in [1.29, 1.82) is 0 Å². The summed E-state index contributed by atoms with van der Waals surface area (Å²) in [5.41, 5.74) is 1.29. The van der Waals surface area contributed by atoms with Gasteiger partial charge < -0.3 is 19.9 Å². The SMILES string of the molecule is COc1cc(F)c(C(=O)Nc2cccc(CSCCC(=O)O)c2)cc1OC. The molecule has 0 atom stereocenters. The fourth-order valence-corrected chi connectivity index (χ4v) is 3.19. The number of ether oxygens (including phenoxy) is 2. The number of carboxylic acids is 1. The lowest BCUT2D eigenvalue weighted by atomic mass is 10.1. The zero-order valence-electron chi connectivity index (χ0n) is 15.0. The third-order valence-electron chi connectivity index (χ3n) is 3.63. The van der Waals surface area contributed by atoms with Gasteiger partial charge in [-0.25, -0.2) is 4.39 Å². The summed E-state index contributed by atoms with van der Waals surface area (Å²) in [7, 11) is 2.79. The summed E-state index contributed by atoms with van der Waals surface area (Å²) in [6.07, 6.45) is 0.0969. The second-order valence-corrected chi connectivity index (χ2v) is 6.64. The second-order valence-electron chi connectivity index (χ2n) is 5.54. The molecular formula is C19H20FNO5S. The minimum absolute atomic E-state index is 0.0969. The first kappa shape index (κ1) is 20.6. The van der Waals surface area contributed by atoms with Gasteiger partial charge in [0.15, 0.2) is 11.5 Å². The van der Waals surface area contributed by atoms with Crippen molar-refractivity contribution < 1.29 is 28.6 Å². The zero-order valence-corrected chi connectivity index (χ0v) is 15.8. The van der Waals surface area contributed by atoms with Crippen molar-refractivity contribution in [1.82, 2.24) is 0 Å². The average molecular weight is 393 g/mol. The highest BCUT2D eigenvalue weighted by Gasteiger charge is 2.17. The van der Waals surface area contributed by atoms with Crippen LogP contribution in [0.5, 0.6) is 11.5 Å². The van der Waals surface area contributed by atoms with Crippen LogP contribution < -0.4 is 14.8 Å². The average Bonchev–Trinajstić information content (AvgIpc) is 2.65. The molecule has 0 aliphatic carbocycles. The van der Waals surface area contributed by atoms with Crippen LogP contribution >= 0.6 is 11.8 Å². The van der Waals surface area contributed by atoms with Crippen LogP contribution in [0.3, 0.4) is 0 Å². The summed E-state index contributed by atoms with van der Waals surface area (Å²) >= 11 is 1.49. The smallest absolute Gasteiger partial charge is 0.304 e. The second kappa shape index (κ2) is 9.82. The molecule has 2 N–H and O–H groups in total. The summed E-state index contributed by atoms with van der Waals surface area (Å²) in [6, 6.07) is 9.50. The first-order valence-electron chi connectivity index (χ1n) is 8.06. The highest BCUT2D eigenvalue weighted by atomic mass is 32.2. The molecule has 0 heterocycles. The third kappa shape index (κ3) is 5.89. The highest BCUT2D eigenvalue weighted by molar-refractivity contribution is 7.98. The van der Waals surface area contributed by atoms with E-state index in [4.69, 9.17) is 14.6 Å². The minimum atomic E-state index is -0.833. The topological polar surface area (TPSA) is 84.9 Å². The van der Waals surface area contributed by atoms with Crippen LogP contribution in [-0.4, -0.2) is 37.0 Å². The molecule has 8 heteroatoms. The summed E-state index contributed by atoms with van der Waals surface area (Å²) in [5, 5.41) is 11.3. The number of aliphatic carboxylic acids is 1. The van der Waals surface area contributed by atoms with Gasteiger partial charge in [0.05, 0.1) is 26.2 Å². The quantitative estimate of drug-likeness (QED) is 0.631. The third-order valence-corrected chi connectivity index (χ3v) is 4.66. The van der Waals surface area contributed by atoms with Gasteiger partial charge in [0.1, 0.15) is 5.82 Å². The van der Waals surface area contributed by atoms with Crippen LogP contribution in [0.1, 0.15) is 22.3 Å². The number of amides is 1. The molecule has 27 heavy (non-hydrogen) atoms. The fourth-order valence-electron chi connectivity index (χ4n) is 2.31. The normalized spacial score (nSPS) is 10.3. The van der Waals surface area contributed by atoms with E-state index in [0.717, 1.165) is 11.6 Å². The molecule has 0 bridgehead atoms. The first-order chi connectivity index (χ1) is 12.9. The Morgan fingerprint density at radius 2 is 1.85 bits per heavy atom. The van der Waals surface area contributed by atoms with Crippen molar-refractivity contribution in [3.63, 3.8) is 0 Å². The molecule has 0 aromatic heterocycles. The van der Waals surface area contributed by atoms with Crippen molar-refractivity contribution in [2.45, 2.75) is 12.2 Å². The molecule has 2 aromatic carbocycles. The molecule has 0 spiro atoms. The van der Waals surface area contributed by atoms with Crippen LogP contribution in [-0.2, 0) is 10.5 Å². The standard InChI is InChI=1S/C19H20FNO5S/c1-25-16-9-14(15(20)10-17(16)26-2)19(24)21-13-5-3-4-12(8-13)11-27-7-6-18(22)23/h3-5,8-10H,6-7,11H2,1-2H3,(H,21,24)(H,22,23). The molecule has 0 aliphatic heterocycles. The highest BCUT2D eigenvalue weighted by Crippen LogP contribution is 2.30. The molecule has 0 unspecified atom stereocenters. The number of benzene rings is 2. The van der Waals surface area contributed by atoms with Gasteiger partial charge in [0.25, 0.3) is 5.91 Å². The molecule has 0 saturated heterocycles. The molecule has 6 nitrogen and oxygen atoms in total. The minimum Gasteiger partial charge on any atom is -0.493 e. The molecule has 2 aromatic rings. The molecule has 0 saturated carbocycles. The predicted molar refractivity (Wildman–Crippen MR) is 102 cm³/mol. The van der Waals surface area contributed by atoms with Crippen molar-refractivity contribution >= 4 is 29.3 Å². The summed E-state index contributed by atoms with van der Waals surface area (Å²) in [4.78, 5) is 23.0. The number of carbonyl (C=O) groups excluding carboxylic acids is 1. The fraction of sp³-hybridized carbons (Fsp3) is 0.263. The Morgan fingerprint density at radius 1 is 1.15 bits per heavy atom. The van der Waals surface area contributed by atoms with Gasteiger partial charge in [0, 0.05) is 23.3 Å². The number of nitrogens with one attached hydrogen (secondary N) is 1. The van der Waals surface area contributed by atoms with Gasteiger partial charge in [0.2, 0.25) is 0 Å². The molecule has 1 amide bonds. The van der Waals surface area contributed by atoms with E-state index in [9.17, 15) is 14.0 Å². The number of anilines is 1. The van der Waals surface area contributed by atoms with Crippen molar-refractivity contribution in [3.05, 3.63) is 53.3 Å². The molecule has 0 aliphatic rings. The Hall–Kier alpha value is -2.74. The number of carbonyl (C=O) groups is 2. The Kier molecular flexibility index (Phi) is 7.48. The summed E-state index contributed by atoms with van der Waals surface area (Å²) < 4.78 is 24.3. The summed E-state index contributed by atoms with van der Waals surface area (Å²) in [5.74, 6) is -0.584. The molecular weight excluding hydrogens is 373 g/mol. The van der Waals surface area contributed by atoms with Crippen molar-refractivity contribution in [2.75, 3.05) is 25.3 Å². The van der Waals surface area contributed by atoms with Crippen LogP contribution in [0.2, 0.25) is 0 Å². The van der Waals surface area contributed by atoms with E-state index in [2.05, 4.69) is 5.32 Å². The number of carboxylic acid groups (broad SMARTS) is 1. The van der Waals surface area contributed by atoms with Crippen LogP contribution in [0.15, 0.2) is 36.4 Å². The van der Waals surface area contributed by atoms with Gasteiger partial charge in [-0.15, -0.1) is 0 Å². The van der Waals surface area contributed by atoms with E-state index in [1.807, 2.05) is 6.07 Å². The number of methoxy groups -OCH3 is 2. The van der Waals surface area contributed by atoms with Crippen LogP contribution in [0, 0.1) is 5.82 Å². The Morgan fingerprint density at radius 3 is 2.52 bits per heavy atom. The van der Waals surface area contributed by atoms with E-state index in [1.165, 1.54) is 32.0 Å². The number of hydrogen-bond acceptors (Lipinski definition) is 5. The molecule has 2 rings (SSSR count). The maximum atomic E-state index is 14.2. The van der Waals surface area contributed by atoms with E-state index >= 15 is 0 Å². The van der Waals surface area contributed by atoms with Gasteiger partial charge in [-0.2, -0.15) is 11.8 Å². The monoisotopic (exact) mass is 393 g/mol. The zero-order chi connectivity index (χ0) is 19.8. The van der Waals surface area contributed by atoms with E-state index in [1.54, 1.807) is 18.2 Å². The molecule has 0 radical (unpaired) electrons. The van der Waals surface area contributed by atoms with Crippen LogP contribution in [0.25, 0.3) is 0 Å². The number of hydrogen-bond donors (Lipinski definition) is 2. The molecule has 144 valence electrons. The van der Waals surface area contributed by atoms with Crippen molar-refractivity contribution in [2.24, 2.45) is 0 Å². The van der Waals surface area contributed by atoms with Gasteiger partial charge >= 0.3 is 5.97 Å². The number of halogens is 1. The van der Waals surface area contributed by atoms with E-state index in [0.29, 0.717) is 17.2 Å². The van der Waals surface area contributed by atoms with E-state index in [-0.39, 0.29) is 23.5 Å². The predicted octanol–water partition coefficient (Wildman–Crippen LogP) is 3.80. The van der Waals surface area contributed by atoms with Gasteiger partial charge in [-0.1, -0.05) is 12.1 Å². The lowest BCUT2D eigenvalue weighted by Crippen LogP contribution is -2.14. The van der Waals surface area contributed by atoms with Crippen molar-refractivity contribution in [3.8, 4) is 11.5 Å². The van der Waals surface area contributed by atoms with Gasteiger partial charge in [-0.3, -0.25) is 9.59 Å². The van der Waals surface area contributed by atoms with E-state index < -0.39 is 17.7 Å². The van der Waals surface area contributed by atoms with Gasteiger partial charge in [-0.05, 0) is 23.8 Å². The maximum Gasteiger partial charge on any atom is 0.304 e. The lowest BCUT2D eigenvalue weighted by Gasteiger charge is -2.12. The number of rotatable bonds is 9. The largest absolute Gasteiger partial charge is 0.493 e. The number of thioether (sulfide) groups is 1. The maximum absolute atomic E-state index is 14.2. The first-order valence-corrected chi connectivity index (χ1v) is 9.21. The molecule has 0 fully saturated rings. The Labute approximate surface area is 160 Å². The Balaban J connectivity index is 2.07. The Bertz CT molecular complexity index is 828. The van der Waals surface area contributed by atoms with Crippen LogP contribution in [0.4, 0.5) is 10.1 Å². The summed E-state index contributed by atoms with van der Waals surface area (Å²) in [6.45, 7) is 0.